The van der Waals surface area contributed by atoms with Crippen LogP contribution in [0.25, 0.3) is 5.57 Å². The predicted octanol–water partition coefficient (Wildman–Crippen LogP) is 5.78. The van der Waals surface area contributed by atoms with Crippen LogP contribution in [0, 0.1) is 33.8 Å². The Morgan fingerprint density at radius 3 is 1.80 bits per heavy atom. The van der Waals surface area contributed by atoms with Crippen LogP contribution in [-0.2, 0) is 9.59 Å². The zero-order valence-corrected chi connectivity index (χ0v) is 20.0. The van der Waals surface area contributed by atoms with Crippen molar-refractivity contribution in [3.8, 4) is 0 Å². The molecule has 1 heterocycles. The summed E-state index contributed by atoms with van der Waals surface area (Å²) in [6, 6.07) is 24.4. The van der Waals surface area contributed by atoms with Crippen LogP contribution in [0.2, 0.25) is 0 Å². The first-order valence-corrected chi connectivity index (χ1v) is 12.1. The van der Waals surface area contributed by atoms with Gasteiger partial charge in [0.2, 0.25) is 11.8 Å². The van der Waals surface area contributed by atoms with Crippen molar-refractivity contribution in [1.29, 1.82) is 0 Å². The molecule has 0 radical (unpaired) electrons. The number of carbonyl (C=O) groups is 2. The van der Waals surface area contributed by atoms with Crippen LogP contribution in [0.15, 0.2) is 101 Å². The van der Waals surface area contributed by atoms with Gasteiger partial charge in [-0.3, -0.25) is 19.7 Å². The summed E-state index contributed by atoms with van der Waals surface area (Å²) in [6.07, 6.45) is 4.05. The minimum Gasteiger partial charge on any atom is -0.274 e. The summed E-state index contributed by atoms with van der Waals surface area (Å²) in [5, 5.41) is 11.7. The number of nitrogens with zero attached hydrogens (tertiary/aromatic N) is 2. The van der Waals surface area contributed by atoms with Crippen LogP contribution >= 0.6 is 15.9 Å². The molecule has 2 bridgehead atoms. The number of nitro groups is 1. The molecule has 4 unspecified atom stereocenters. The van der Waals surface area contributed by atoms with Crippen molar-refractivity contribution < 1.29 is 14.5 Å². The van der Waals surface area contributed by atoms with Gasteiger partial charge in [0.15, 0.2) is 0 Å². The van der Waals surface area contributed by atoms with Gasteiger partial charge in [-0.05, 0) is 34.4 Å². The first-order chi connectivity index (χ1) is 17.0. The van der Waals surface area contributed by atoms with Gasteiger partial charge in [0.25, 0.3) is 5.69 Å². The molecular weight excluding hydrogens is 508 g/mol. The summed E-state index contributed by atoms with van der Waals surface area (Å²) >= 11 is 3.24. The van der Waals surface area contributed by atoms with Crippen LogP contribution in [0.5, 0.6) is 0 Å². The predicted molar refractivity (Wildman–Crippen MR) is 135 cm³/mol. The van der Waals surface area contributed by atoms with Crippen LogP contribution in [0.4, 0.5) is 11.4 Å². The largest absolute Gasteiger partial charge is 0.294 e. The Kier molecular flexibility index (Phi) is 5.04. The Labute approximate surface area is 209 Å². The van der Waals surface area contributed by atoms with E-state index in [0.717, 1.165) is 27.2 Å². The second-order valence-corrected chi connectivity index (χ2v) is 9.87. The van der Waals surface area contributed by atoms with Crippen molar-refractivity contribution in [2.75, 3.05) is 4.90 Å². The van der Waals surface area contributed by atoms with Gasteiger partial charge < -0.3 is 0 Å². The highest BCUT2D eigenvalue weighted by molar-refractivity contribution is 9.10. The molecule has 1 saturated heterocycles. The lowest BCUT2D eigenvalue weighted by molar-refractivity contribution is -0.384. The molecule has 3 aromatic rings. The second-order valence-electron chi connectivity index (χ2n) is 8.95. The Balaban J connectivity index is 1.49. The number of anilines is 1. The summed E-state index contributed by atoms with van der Waals surface area (Å²) in [6.45, 7) is 0. The Morgan fingerprint density at radius 2 is 1.31 bits per heavy atom. The lowest BCUT2D eigenvalue weighted by atomic mass is 9.85. The number of carbonyl (C=O) groups excluding carboxylic acids is 2. The van der Waals surface area contributed by atoms with E-state index in [1.165, 1.54) is 12.1 Å². The lowest BCUT2D eigenvalue weighted by Crippen LogP contribution is -2.33. The van der Waals surface area contributed by atoms with Crippen molar-refractivity contribution in [3.05, 3.63) is 122 Å². The van der Waals surface area contributed by atoms with E-state index >= 15 is 0 Å². The fraction of sp³-hybridized carbons (Fsp3) is 0.143. The Hall–Kier alpha value is -3.84. The minimum absolute atomic E-state index is 0.0267. The molecule has 6 rings (SSSR count). The quantitative estimate of drug-likeness (QED) is 0.187. The number of allylic oxidation sites excluding steroid dienone is 3. The smallest absolute Gasteiger partial charge is 0.274 e. The van der Waals surface area contributed by atoms with Gasteiger partial charge in [0, 0.05) is 22.4 Å². The molecule has 3 aliphatic rings. The van der Waals surface area contributed by atoms with E-state index in [-0.39, 0.29) is 35.0 Å². The summed E-state index contributed by atoms with van der Waals surface area (Å²) in [5.74, 6) is -2.37. The number of hydrogen-bond acceptors (Lipinski definition) is 4. The standard InChI is InChI=1S/C28H19BrN2O4/c29-18-11-14-21(22(15-18)31(34)35)30-27(32)25-19-12-13-20(26(25)28(30)33)24(19)23(16-7-3-1-4-8-16)17-9-5-2-6-10-17/h1-15,19-20,25-26H. The highest BCUT2D eigenvalue weighted by atomic mass is 79.9. The number of imide groups is 1. The van der Waals surface area contributed by atoms with E-state index in [4.69, 9.17) is 0 Å². The highest BCUT2D eigenvalue weighted by Crippen LogP contribution is 2.59. The molecule has 6 nitrogen and oxygen atoms in total. The van der Waals surface area contributed by atoms with Crippen LogP contribution in [-0.4, -0.2) is 16.7 Å². The maximum atomic E-state index is 13.7. The summed E-state index contributed by atoms with van der Waals surface area (Å²) in [5.41, 5.74) is 3.94. The molecule has 1 aliphatic heterocycles. The number of amides is 2. The van der Waals surface area contributed by atoms with Gasteiger partial charge in [-0.15, -0.1) is 0 Å². The molecule has 2 aliphatic carbocycles. The third-order valence-corrected chi connectivity index (χ3v) is 7.70. The summed E-state index contributed by atoms with van der Waals surface area (Å²) in [4.78, 5) is 39.6. The van der Waals surface area contributed by atoms with Gasteiger partial charge in [-0.1, -0.05) is 88.7 Å². The van der Waals surface area contributed by atoms with Crippen LogP contribution in [0.3, 0.4) is 0 Å². The summed E-state index contributed by atoms with van der Waals surface area (Å²) in [7, 11) is 0. The lowest BCUT2D eigenvalue weighted by Gasteiger charge is -2.21. The summed E-state index contributed by atoms with van der Waals surface area (Å²) < 4.78 is 0.509. The normalized spacial score (nSPS) is 24.3. The zero-order chi connectivity index (χ0) is 24.3. The number of benzene rings is 3. The fourth-order valence-corrected chi connectivity index (χ4v) is 6.22. The van der Waals surface area contributed by atoms with Crippen molar-refractivity contribution in [3.63, 3.8) is 0 Å². The molecular formula is C28H19BrN2O4. The van der Waals surface area contributed by atoms with Gasteiger partial charge in [-0.2, -0.15) is 0 Å². The molecule has 1 saturated carbocycles. The van der Waals surface area contributed by atoms with Gasteiger partial charge in [-0.25, -0.2) is 4.90 Å². The van der Waals surface area contributed by atoms with Crippen molar-refractivity contribution in [1.82, 2.24) is 0 Å². The van der Waals surface area contributed by atoms with E-state index < -0.39 is 16.8 Å². The second kappa shape index (κ2) is 8.13. The first-order valence-electron chi connectivity index (χ1n) is 11.3. The fourth-order valence-electron chi connectivity index (χ4n) is 5.88. The van der Waals surface area contributed by atoms with E-state index in [1.807, 2.05) is 72.8 Å². The molecule has 172 valence electrons. The van der Waals surface area contributed by atoms with Crippen molar-refractivity contribution >= 4 is 44.7 Å². The first kappa shape index (κ1) is 21.7. The Bertz CT molecular complexity index is 1370. The maximum Gasteiger partial charge on any atom is 0.294 e. The topological polar surface area (TPSA) is 80.5 Å². The van der Waals surface area contributed by atoms with Gasteiger partial charge >= 0.3 is 0 Å². The van der Waals surface area contributed by atoms with E-state index in [9.17, 15) is 19.7 Å². The van der Waals surface area contributed by atoms with E-state index in [2.05, 4.69) is 15.9 Å². The van der Waals surface area contributed by atoms with E-state index in [1.54, 1.807) is 6.07 Å². The number of rotatable bonds is 4. The van der Waals surface area contributed by atoms with Crippen LogP contribution in [0.1, 0.15) is 11.1 Å². The van der Waals surface area contributed by atoms with Crippen molar-refractivity contribution in [2.45, 2.75) is 0 Å². The molecule has 0 spiro atoms. The molecule has 3 aromatic carbocycles. The number of fused-ring (bicyclic) bond motifs is 5. The third-order valence-electron chi connectivity index (χ3n) is 7.20. The highest BCUT2D eigenvalue weighted by Gasteiger charge is 2.63. The molecule has 0 aromatic heterocycles. The zero-order valence-electron chi connectivity index (χ0n) is 18.4. The minimum atomic E-state index is -0.571. The third kappa shape index (κ3) is 3.22. The molecule has 2 amide bonds. The molecule has 7 heteroatoms. The maximum absolute atomic E-state index is 13.7. The molecule has 2 fully saturated rings. The van der Waals surface area contributed by atoms with E-state index in [0.29, 0.717) is 4.47 Å². The molecule has 0 N–H and O–H groups in total. The average molecular weight is 527 g/mol. The SMILES string of the molecule is O=C1C2C3C=CC(C3=C(c3ccccc3)c3ccccc3)C2C(=O)N1c1ccc(Br)cc1[N+](=O)[O-]. The number of hydrogen-bond donors (Lipinski definition) is 0. The number of halogens is 1. The average Bonchev–Trinajstić information content (AvgIpc) is 3.50. The van der Waals surface area contributed by atoms with Gasteiger partial charge in [0.05, 0.1) is 16.8 Å². The van der Waals surface area contributed by atoms with Crippen molar-refractivity contribution in [2.24, 2.45) is 23.7 Å². The van der Waals surface area contributed by atoms with Gasteiger partial charge in [0.1, 0.15) is 5.69 Å². The Morgan fingerprint density at radius 1 is 0.800 bits per heavy atom. The molecule has 35 heavy (non-hydrogen) atoms. The van der Waals surface area contributed by atoms with Crippen LogP contribution < -0.4 is 4.90 Å². The monoisotopic (exact) mass is 526 g/mol. The number of nitro benzene ring substituents is 1. The molecule has 4 atom stereocenters.